The van der Waals surface area contributed by atoms with E-state index in [1.54, 1.807) is 0 Å². The first-order chi connectivity index (χ1) is 10.2. The normalized spacial score (nSPS) is 22.8. The molecule has 0 saturated heterocycles. The van der Waals surface area contributed by atoms with Gasteiger partial charge in [0.05, 0.1) is 16.4 Å². The average Bonchev–Trinajstić information content (AvgIpc) is 2.86. The summed E-state index contributed by atoms with van der Waals surface area (Å²) < 4.78 is 2.26. The minimum absolute atomic E-state index is 0.437. The monoisotopic (exact) mass is 324 g/mol. The Hall–Kier alpha value is -0.730. The van der Waals surface area contributed by atoms with E-state index in [0.717, 1.165) is 35.2 Å². The van der Waals surface area contributed by atoms with Crippen molar-refractivity contribution >= 4 is 34.2 Å². The van der Waals surface area contributed by atoms with E-state index in [1.807, 2.05) is 12.1 Å². The highest BCUT2D eigenvalue weighted by molar-refractivity contribution is 6.35. The third-order valence-corrected chi connectivity index (χ3v) is 5.37. The second-order valence-electron chi connectivity index (χ2n) is 6.34. The number of halogens is 2. The number of fused-ring (bicyclic) bond motifs is 1. The molecule has 4 heteroatoms. The van der Waals surface area contributed by atoms with Gasteiger partial charge in [-0.25, -0.2) is 4.98 Å². The first-order valence-electron chi connectivity index (χ1n) is 7.88. The molecular formula is C17H22Cl2N2. The summed E-state index contributed by atoms with van der Waals surface area (Å²) in [5, 5.41) is 0.712. The first kappa shape index (κ1) is 15.2. The van der Waals surface area contributed by atoms with Crippen molar-refractivity contribution < 1.29 is 0 Å². The third kappa shape index (κ3) is 3.22. The molecular weight excluding hydrogens is 303 g/mol. The number of aromatic nitrogens is 2. The maximum Gasteiger partial charge on any atom is 0.124 e. The number of benzene rings is 1. The van der Waals surface area contributed by atoms with Gasteiger partial charge in [-0.05, 0) is 30.4 Å². The predicted molar refractivity (Wildman–Crippen MR) is 90.0 cm³/mol. The van der Waals surface area contributed by atoms with Gasteiger partial charge in [-0.15, -0.1) is 11.6 Å². The Morgan fingerprint density at radius 1 is 1.24 bits per heavy atom. The van der Waals surface area contributed by atoms with E-state index in [4.69, 9.17) is 23.2 Å². The molecule has 1 heterocycles. The highest BCUT2D eigenvalue weighted by atomic mass is 35.5. The molecule has 1 aromatic carbocycles. The van der Waals surface area contributed by atoms with Crippen LogP contribution in [0, 0.1) is 11.8 Å². The number of para-hydroxylation sites is 1. The molecule has 2 aromatic rings. The highest BCUT2D eigenvalue weighted by Gasteiger charge is 2.19. The van der Waals surface area contributed by atoms with Gasteiger partial charge in [0, 0.05) is 6.54 Å². The molecule has 0 atom stereocenters. The lowest BCUT2D eigenvalue weighted by atomic mass is 9.81. The molecule has 114 valence electrons. The van der Waals surface area contributed by atoms with Crippen molar-refractivity contribution in [2.24, 2.45) is 11.8 Å². The molecule has 0 amide bonds. The summed E-state index contributed by atoms with van der Waals surface area (Å²) in [6, 6.07) is 5.97. The summed E-state index contributed by atoms with van der Waals surface area (Å²) in [6.45, 7) is 3.37. The molecule has 0 spiro atoms. The number of hydrogen-bond acceptors (Lipinski definition) is 1. The smallest absolute Gasteiger partial charge is 0.124 e. The van der Waals surface area contributed by atoms with E-state index < -0.39 is 0 Å². The van der Waals surface area contributed by atoms with Gasteiger partial charge in [0.15, 0.2) is 0 Å². The number of hydrogen-bond donors (Lipinski definition) is 0. The number of imidazole rings is 1. The Labute approximate surface area is 136 Å². The van der Waals surface area contributed by atoms with E-state index in [2.05, 4.69) is 22.5 Å². The molecule has 0 N–H and O–H groups in total. The van der Waals surface area contributed by atoms with Crippen LogP contribution in [0.25, 0.3) is 11.0 Å². The maximum absolute atomic E-state index is 6.25. The molecule has 3 rings (SSSR count). The summed E-state index contributed by atoms with van der Waals surface area (Å²) in [4.78, 5) is 4.61. The summed E-state index contributed by atoms with van der Waals surface area (Å²) >= 11 is 12.3. The van der Waals surface area contributed by atoms with Crippen LogP contribution in [-0.2, 0) is 12.4 Å². The number of alkyl halides is 1. The summed E-state index contributed by atoms with van der Waals surface area (Å²) in [7, 11) is 0. The molecule has 0 aliphatic heterocycles. The molecule has 21 heavy (non-hydrogen) atoms. The average molecular weight is 325 g/mol. The first-order valence-corrected chi connectivity index (χ1v) is 8.80. The topological polar surface area (TPSA) is 17.8 Å². The summed E-state index contributed by atoms with van der Waals surface area (Å²) in [5.74, 6) is 3.13. The van der Waals surface area contributed by atoms with Gasteiger partial charge in [-0.2, -0.15) is 0 Å². The van der Waals surface area contributed by atoms with Crippen molar-refractivity contribution in [2.45, 2.75) is 51.5 Å². The standard InChI is InChI=1S/C17H22Cl2N2/c1-12-5-7-13(8-6-12)9-10-21-15-4-2-3-14(19)17(15)20-16(21)11-18/h2-4,12-13H,5-11H2,1H3. The fourth-order valence-electron chi connectivity index (χ4n) is 3.44. The molecule has 1 fully saturated rings. The molecule has 0 bridgehead atoms. The zero-order chi connectivity index (χ0) is 14.8. The van der Waals surface area contributed by atoms with Crippen LogP contribution < -0.4 is 0 Å². The van der Waals surface area contributed by atoms with Crippen molar-refractivity contribution in [1.82, 2.24) is 9.55 Å². The minimum atomic E-state index is 0.437. The van der Waals surface area contributed by atoms with Crippen LogP contribution in [0.1, 0.15) is 44.9 Å². The Morgan fingerprint density at radius 2 is 2.00 bits per heavy atom. The van der Waals surface area contributed by atoms with Crippen LogP contribution in [0.15, 0.2) is 18.2 Å². The molecule has 0 radical (unpaired) electrons. The maximum atomic E-state index is 6.25. The van der Waals surface area contributed by atoms with Crippen LogP contribution in [0.5, 0.6) is 0 Å². The van der Waals surface area contributed by atoms with Crippen molar-refractivity contribution in [3.05, 3.63) is 29.0 Å². The Bertz CT molecular complexity index is 613. The largest absolute Gasteiger partial charge is 0.327 e. The third-order valence-electron chi connectivity index (χ3n) is 4.82. The van der Waals surface area contributed by atoms with Gasteiger partial charge >= 0.3 is 0 Å². The van der Waals surface area contributed by atoms with Gasteiger partial charge in [-0.1, -0.05) is 50.3 Å². The SMILES string of the molecule is CC1CCC(CCn2c(CCl)nc3c(Cl)cccc32)CC1. The molecule has 0 unspecified atom stereocenters. The molecule has 1 aliphatic rings. The van der Waals surface area contributed by atoms with Gasteiger partial charge in [0.1, 0.15) is 11.3 Å². The quantitative estimate of drug-likeness (QED) is 0.665. The van der Waals surface area contributed by atoms with Gasteiger partial charge in [0.2, 0.25) is 0 Å². The minimum Gasteiger partial charge on any atom is -0.327 e. The predicted octanol–water partition coefficient (Wildman–Crippen LogP) is 5.64. The lowest BCUT2D eigenvalue weighted by molar-refractivity contribution is 0.269. The van der Waals surface area contributed by atoms with Gasteiger partial charge < -0.3 is 4.57 Å². The van der Waals surface area contributed by atoms with Gasteiger partial charge in [-0.3, -0.25) is 0 Å². The number of nitrogens with zero attached hydrogens (tertiary/aromatic N) is 2. The van der Waals surface area contributed by atoms with Crippen molar-refractivity contribution in [1.29, 1.82) is 0 Å². The van der Waals surface area contributed by atoms with Crippen LogP contribution >= 0.6 is 23.2 Å². The molecule has 1 aromatic heterocycles. The second kappa shape index (κ2) is 6.58. The van der Waals surface area contributed by atoms with E-state index in [9.17, 15) is 0 Å². The van der Waals surface area contributed by atoms with E-state index in [-0.39, 0.29) is 0 Å². The van der Waals surface area contributed by atoms with Gasteiger partial charge in [0.25, 0.3) is 0 Å². The van der Waals surface area contributed by atoms with Crippen LogP contribution in [-0.4, -0.2) is 9.55 Å². The highest BCUT2D eigenvalue weighted by Crippen LogP contribution is 2.32. The molecule has 1 saturated carbocycles. The van der Waals surface area contributed by atoms with Crippen LogP contribution in [0.4, 0.5) is 0 Å². The number of aryl methyl sites for hydroxylation is 1. The zero-order valence-electron chi connectivity index (χ0n) is 12.5. The van der Waals surface area contributed by atoms with Crippen LogP contribution in [0.2, 0.25) is 5.02 Å². The van der Waals surface area contributed by atoms with Crippen molar-refractivity contribution in [3.8, 4) is 0 Å². The molecule has 1 aliphatic carbocycles. The van der Waals surface area contributed by atoms with E-state index >= 15 is 0 Å². The van der Waals surface area contributed by atoms with E-state index in [0.29, 0.717) is 10.9 Å². The summed E-state index contributed by atoms with van der Waals surface area (Å²) in [6.07, 6.45) is 6.71. The fourth-order valence-corrected chi connectivity index (χ4v) is 3.86. The Morgan fingerprint density at radius 3 is 2.71 bits per heavy atom. The second-order valence-corrected chi connectivity index (χ2v) is 7.01. The Kier molecular flexibility index (Phi) is 4.75. The Balaban J connectivity index is 1.78. The fraction of sp³-hybridized carbons (Fsp3) is 0.588. The molecule has 2 nitrogen and oxygen atoms in total. The van der Waals surface area contributed by atoms with Crippen molar-refractivity contribution in [3.63, 3.8) is 0 Å². The van der Waals surface area contributed by atoms with E-state index in [1.165, 1.54) is 32.1 Å². The van der Waals surface area contributed by atoms with Crippen molar-refractivity contribution in [2.75, 3.05) is 0 Å². The summed E-state index contributed by atoms with van der Waals surface area (Å²) in [5.41, 5.74) is 1.99. The van der Waals surface area contributed by atoms with Crippen LogP contribution in [0.3, 0.4) is 0 Å². The lowest BCUT2D eigenvalue weighted by Gasteiger charge is -2.26. The lowest BCUT2D eigenvalue weighted by Crippen LogP contribution is -2.15. The zero-order valence-corrected chi connectivity index (χ0v) is 14.0. The number of rotatable bonds is 4.